The molecule has 2 aromatic rings. The first-order valence-electron chi connectivity index (χ1n) is 6.04. The smallest absolute Gasteiger partial charge is 0.343 e. The summed E-state index contributed by atoms with van der Waals surface area (Å²) in [7, 11) is 0. The quantitative estimate of drug-likeness (QED) is 0.621. The number of carbonyl (C=O) groups is 1. The number of halogens is 1. The number of aromatic nitrogens is 1. The first-order valence-corrected chi connectivity index (χ1v) is 6.83. The van der Waals surface area contributed by atoms with Crippen molar-refractivity contribution in [1.82, 2.24) is 4.98 Å². The summed E-state index contributed by atoms with van der Waals surface area (Å²) in [5.74, 6) is 0.226. The Morgan fingerprint density at radius 1 is 1.15 bits per heavy atom. The normalized spacial score (nSPS) is 16.1. The largest absolute Gasteiger partial charge is 0.422 e. The molecule has 98 valence electrons. The summed E-state index contributed by atoms with van der Waals surface area (Å²) in [6.07, 6.45) is 6.91. The van der Waals surface area contributed by atoms with Crippen LogP contribution in [0.2, 0.25) is 0 Å². The van der Waals surface area contributed by atoms with Crippen molar-refractivity contribution >= 4 is 33.7 Å². The van der Waals surface area contributed by atoms with Crippen LogP contribution in [0.4, 0.5) is 0 Å². The van der Waals surface area contributed by atoms with E-state index in [2.05, 4.69) is 20.9 Å². The van der Waals surface area contributed by atoms with Gasteiger partial charge in [-0.3, -0.25) is 4.98 Å². The van der Waals surface area contributed by atoms with Crippen LogP contribution in [0.3, 0.4) is 0 Å². The molecule has 2 heterocycles. The highest BCUT2D eigenvalue weighted by Crippen LogP contribution is 2.28. The van der Waals surface area contributed by atoms with Crippen LogP contribution in [0.15, 0.2) is 64.9 Å². The fourth-order valence-electron chi connectivity index (χ4n) is 1.89. The van der Waals surface area contributed by atoms with Gasteiger partial charge in [0.1, 0.15) is 5.76 Å². The van der Waals surface area contributed by atoms with Crippen molar-refractivity contribution in [2.75, 3.05) is 0 Å². The highest BCUT2D eigenvalue weighted by Gasteiger charge is 2.21. The standard InChI is InChI=1S/C16H10BrNO2/c17-14-5-3-12(4-6-14)15-9-13(16(19)20-15)8-11-2-1-7-18-10-11/h1-10H/b13-8-. The molecule has 20 heavy (non-hydrogen) atoms. The molecule has 0 atom stereocenters. The van der Waals surface area contributed by atoms with Crippen LogP contribution < -0.4 is 0 Å². The second-order valence-electron chi connectivity index (χ2n) is 4.29. The summed E-state index contributed by atoms with van der Waals surface area (Å²) >= 11 is 3.38. The van der Waals surface area contributed by atoms with Crippen molar-refractivity contribution in [2.24, 2.45) is 0 Å². The summed E-state index contributed by atoms with van der Waals surface area (Å²) in [5.41, 5.74) is 2.26. The zero-order chi connectivity index (χ0) is 13.9. The Kier molecular flexibility index (Phi) is 3.48. The summed E-state index contributed by atoms with van der Waals surface area (Å²) < 4.78 is 6.27. The van der Waals surface area contributed by atoms with E-state index in [0.717, 1.165) is 15.6 Å². The number of benzene rings is 1. The molecule has 0 bridgehead atoms. The predicted octanol–water partition coefficient (Wildman–Crippen LogP) is 3.83. The lowest BCUT2D eigenvalue weighted by molar-refractivity contribution is -0.130. The molecule has 0 saturated carbocycles. The number of hydrogen-bond donors (Lipinski definition) is 0. The van der Waals surface area contributed by atoms with Gasteiger partial charge in [0.25, 0.3) is 0 Å². The molecule has 0 aliphatic carbocycles. The maximum Gasteiger partial charge on any atom is 0.343 e. The van der Waals surface area contributed by atoms with Gasteiger partial charge < -0.3 is 4.74 Å². The maximum atomic E-state index is 11.9. The minimum Gasteiger partial charge on any atom is -0.422 e. The maximum absolute atomic E-state index is 11.9. The van der Waals surface area contributed by atoms with Gasteiger partial charge in [0.15, 0.2) is 0 Å². The second kappa shape index (κ2) is 5.43. The number of hydrogen-bond acceptors (Lipinski definition) is 3. The Hall–Kier alpha value is -2.20. The van der Waals surface area contributed by atoms with Crippen LogP contribution in [0.5, 0.6) is 0 Å². The van der Waals surface area contributed by atoms with Crippen molar-refractivity contribution in [1.29, 1.82) is 0 Å². The van der Waals surface area contributed by atoms with E-state index in [9.17, 15) is 4.79 Å². The van der Waals surface area contributed by atoms with Gasteiger partial charge >= 0.3 is 5.97 Å². The molecule has 0 saturated heterocycles. The molecule has 0 unspecified atom stereocenters. The van der Waals surface area contributed by atoms with E-state index >= 15 is 0 Å². The number of ether oxygens (including phenoxy) is 1. The molecule has 1 aliphatic rings. The van der Waals surface area contributed by atoms with Crippen LogP contribution in [0.1, 0.15) is 11.1 Å². The van der Waals surface area contributed by atoms with Gasteiger partial charge in [-0.05, 0) is 35.9 Å². The van der Waals surface area contributed by atoms with E-state index in [0.29, 0.717) is 11.3 Å². The van der Waals surface area contributed by atoms with Crippen molar-refractivity contribution in [3.63, 3.8) is 0 Å². The molecule has 0 amide bonds. The van der Waals surface area contributed by atoms with E-state index in [1.165, 1.54) is 0 Å². The van der Waals surface area contributed by atoms with Crippen molar-refractivity contribution in [2.45, 2.75) is 0 Å². The predicted molar refractivity (Wildman–Crippen MR) is 80.4 cm³/mol. The average Bonchev–Trinajstić information content (AvgIpc) is 2.82. The molecule has 3 nitrogen and oxygen atoms in total. The van der Waals surface area contributed by atoms with Crippen molar-refractivity contribution < 1.29 is 9.53 Å². The molecule has 1 aromatic carbocycles. The topological polar surface area (TPSA) is 39.2 Å². The first-order chi connectivity index (χ1) is 9.72. The van der Waals surface area contributed by atoms with Crippen LogP contribution >= 0.6 is 15.9 Å². The molecular weight excluding hydrogens is 318 g/mol. The molecule has 0 N–H and O–H groups in total. The molecule has 1 aliphatic heterocycles. The van der Waals surface area contributed by atoms with Gasteiger partial charge in [-0.1, -0.05) is 34.1 Å². The number of nitrogens with zero attached hydrogens (tertiary/aromatic N) is 1. The Morgan fingerprint density at radius 2 is 1.95 bits per heavy atom. The van der Waals surface area contributed by atoms with Gasteiger partial charge in [0.2, 0.25) is 0 Å². The SMILES string of the molecule is O=C1OC(c2ccc(Br)cc2)=C/C1=C/c1cccnc1. The van der Waals surface area contributed by atoms with E-state index in [4.69, 9.17) is 4.74 Å². The highest BCUT2D eigenvalue weighted by atomic mass is 79.9. The van der Waals surface area contributed by atoms with Crippen molar-refractivity contribution in [3.05, 3.63) is 76.0 Å². The lowest BCUT2D eigenvalue weighted by Gasteiger charge is -2.01. The minimum absolute atomic E-state index is 0.341. The van der Waals surface area contributed by atoms with Crippen LogP contribution in [-0.4, -0.2) is 11.0 Å². The molecule has 3 rings (SSSR count). The lowest BCUT2D eigenvalue weighted by atomic mass is 10.1. The summed E-state index contributed by atoms with van der Waals surface area (Å²) in [6.45, 7) is 0. The third-order valence-electron chi connectivity index (χ3n) is 2.86. The number of cyclic esters (lactones) is 1. The minimum atomic E-state index is -0.341. The molecule has 4 heteroatoms. The van der Waals surface area contributed by atoms with E-state index in [1.54, 1.807) is 24.5 Å². The Morgan fingerprint density at radius 3 is 2.65 bits per heavy atom. The van der Waals surface area contributed by atoms with Gasteiger partial charge in [-0.15, -0.1) is 0 Å². The van der Waals surface area contributed by atoms with Gasteiger partial charge in [0, 0.05) is 22.4 Å². The zero-order valence-electron chi connectivity index (χ0n) is 10.4. The Bertz CT molecular complexity index is 703. The van der Waals surface area contributed by atoms with E-state index < -0.39 is 0 Å². The van der Waals surface area contributed by atoms with Gasteiger partial charge in [-0.2, -0.15) is 0 Å². The molecule has 1 aromatic heterocycles. The van der Waals surface area contributed by atoms with Crippen LogP contribution in [0.25, 0.3) is 11.8 Å². The number of pyridine rings is 1. The van der Waals surface area contributed by atoms with E-state index in [1.807, 2.05) is 36.4 Å². The molecule has 0 spiro atoms. The fraction of sp³-hybridized carbons (Fsp3) is 0. The third-order valence-corrected chi connectivity index (χ3v) is 3.39. The van der Waals surface area contributed by atoms with E-state index in [-0.39, 0.29) is 5.97 Å². The average molecular weight is 328 g/mol. The molecular formula is C16H10BrNO2. The number of carbonyl (C=O) groups excluding carboxylic acids is 1. The molecule has 0 radical (unpaired) electrons. The third kappa shape index (κ3) is 2.70. The second-order valence-corrected chi connectivity index (χ2v) is 5.21. The zero-order valence-corrected chi connectivity index (χ0v) is 12.0. The van der Waals surface area contributed by atoms with Gasteiger partial charge in [-0.25, -0.2) is 4.79 Å². The summed E-state index contributed by atoms with van der Waals surface area (Å²) in [4.78, 5) is 15.9. The first kappa shape index (κ1) is 12.8. The number of rotatable bonds is 2. The number of esters is 1. The Labute approximate surface area is 124 Å². The van der Waals surface area contributed by atoms with Crippen molar-refractivity contribution in [3.8, 4) is 0 Å². The highest BCUT2D eigenvalue weighted by molar-refractivity contribution is 9.10. The molecule has 0 fully saturated rings. The summed E-state index contributed by atoms with van der Waals surface area (Å²) in [5, 5.41) is 0. The van der Waals surface area contributed by atoms with Gasteiger partial charge in [0.05, 0.1) is 5.57 Å². The Balaban J connectivity index is 1.93. The fourth-order valence-corrected chi connectivity index (χ4v) is 2.15. The summed E-state index contributed by atoms with van der Waals surface area (Å²) in [6, 6.07) is 11.3. The van der Waals surface area contributed by atoms with Crippen LogP contribution in [-0.2, 0) is 9.53 Å². The lowest BCUT2D eigenvalue weighted by Crippen LogP contribution is -1.97. The van der Waals surface area contributed by atoms with Crippen LogP contribution in [0, 0.1) is 0 Å². The monoisotopic (exact) mass is 327 g/mol.